The van der Waals surface area contributed by atoms with E-state index in [0.29, 0.717) is 0 Å². The van der Waals surface area contributed by atoms with Gasteiger partial charge < -0.3 is 0 Å². The highest BCUT2D eigenvalue weighted by molar-refractivity contribution is 5.53. The van der Waals surface area contributed by atoms with Crippen LogP contribution in [0.15, 0.2) is 24.7 Å². The van der Waals surface area contributed by atoms with Crippen molar-refractivity contribution in [3.05, 3.63) is 30.4 Å². The third-order valence-electron chi connectivity index (χ3n) is 1.96. The van der Waals surface area contributed by atoms with Crippen molar-refractivity contribution in [1.82, 2.24) is 19.7 Å². The molecule has 0 spiro atoms. The molecule has 0 aromatic carbocycles. The molecule has 4 heteroatoms. The SMILES string of the molecule is Cc1cc(-c2ccncn2)nn1C. The van der Waals surface area contributed by atoms with Gasteiger partial charge in [-0.15, -0.1) is 0 Å². The summed E-state index contributed by atoms with van der Waals surface area (Å²) in [5.41, 5.74) is 2.87. The third kappa shape index (κ3) is 1.42. The van der Waals surface area contributed by atoms with Crippen molar-refractivity contribution in [2.75, 3.05) is 0 Å². The van der Waals surface area contributed by atoms with E-state index in [1.165, 1.54) is 6.33 Å². The van der Waals surface area contributed by atoms with Crippen LogP contribution >= 0.6 is 0 Å². The monoisotopic (exact) mass is 174 g/mol. The highest BCUT2D eigenvalue weighted by Crippen LogP contribution is 2.14. The molecular formula is C9H10N4. The summed E-state index contributed by atoms with van der Waals surface area (Å²) in [6.45, 7) is 2.01. The van der Waals surface area contributed by atoms with Crippen LogP contribution in [-0.4, -0.2) is 19.7 Å². The number of hydrogen-bond donors (Lipinski definition) is 0. The number of aryl methyl sites for hydroxylation is 2. The molecule has 13 heavy (non-hydrogen) atoms. The number of aromatic nitrogens is 4. The fraction of sp³-hybridized carbons (Fsp3) is 0.222. The van der Waals surface area contributed by atoms with Gasteiger partial charge in [0.05, 0.1) is 5.69 Å². The maximum atomic E-state index is 4.31. The minimum Gasteiger partial charge on any atom is -0.272 e. The first kappa shape index (κ1) is 7.91. The Hall–Kier alpha value is -1.71. The Balaban J connectivity index is 2.48. The molecule has 0 aliphatic rings. The van der Waals surface area contributed by atoms with E-state index in [1.807, 2.05) is 30.8 Å². The normalized spacial score (nSPS) is 10.3. The molecule has 2 heterocycles. The lowest BCUT2D eigenvalue weighted by Crippen LogP contribution is -1.92. The summed E-state index contributed by atoms with van der Waals surface area (Å²) in [5.74, 6) is 0. The highest BCUT2D eigenvalue weighted by Gasteiger charge is 2.03. The van der Waals surface area contributed by atoms with E-state index < -0.39 is 0 Å². The van der Waals surface area contributed by atoms with Crippen molar-refractivity contribution in [3.63, 3.8) is 0 Å². The maximum Gasteiger partial charge on any atom is 0.116 e. The fourth-order valence-corrected chi connectivity index (χ4v) is 1.13. The second-order valence-corrected chi connectivity index (χ2v) is 2.89. The van der Waals surface area contributed by atoms with Gasteiger partial charge in [-0.3, -0.25) is 4.68 Å². The first-order chi connectivity index (χ1) is 6.27. The summed E-state index contributed by atoms with van der Waals surface area (Å²) < 4.78 is 1.83. The van der Waals surface area contributed by atoms with Crippen LogP contribution < -0.4 is 0 Å². The van der Waals surface area contributed by atoms with E-state index >= 15 is 0 Å². The number of hydrogen-bond acceptors (Lipinski definition) is 3. The minimum absolute atomic E-state index is 0.860. The molecule has 4 nitrogen and oxygen atoms in total. The van der Waals surface area contributed by atoms with E-state index in [9.17, 15) is 0 Å². The van der Waals surface area contributed by atoms with Crippen LogP contribution in [0.4, 0.5) is 0 Å². The molecule has 0 radical (unpaired) electrons. The van der Waals surface area contributed by atoms with Gasteiger partial charge in [-0.2, -0.15) is 5.10 Å². The zero-order valence-corrected chi connectivity index (χ0v) is 7.60. The van der Waals surface area contributed by atoms with Crippen LogP contribution in [-0.2, 0) is 7.05 Å². The molecule has 0 unspecified atom stereocenters. The third-order valence-corrected chi connectivity index (χ3v) is 1.96. The molecule has 0 saturated carbocycles. The summed E-state index contributed by atoms with van der Waals surface area (Å²) in [6.07, 6.45) is 3.24. The van der Waals surface area contributed by atoms with Crippen LogP contribution in [0.25, 0.3) is 11.4 Å². The van der Waals surface area contributed by atoms with Gasteiger partial charge >= 0.3 is 0 Å². The number of rotatable bonds is 1. The Labute approximate surface area is 76.3 Å². The summed E-state index contributed by atoms with van der Waals surface area (Å²) >= 11 is 0. The van der Waals surface area contributed by atoms with E-state index in [4.69, 9.17) is 0 Å². The first-order valence-electron chi connectivity index (χ1n) is 4.04. The maximum absolute atomic E-state index is 4.31. The molecule has 66 valence electrons. The van der Waals surface area contributed by atoms with Gasteiger partial charge in [-0.05, 0) is 19.1 Å². The molecule has 0 N–H and O–H groups in total. The molecule has 0 bridgehead atoms. The molecule has 0 saturated heterocycles. The molecule has 0 aliphatic carbocycles. The Kier molecular flexibility index (Phi) is 1.81. The van der Waals surface area contributed by atoms with Gasteiger partial charge in [-0.25, -0.2) is 9.97 Å². The average Bonchev–Trinajstić information content (AvgIpc) is 2.49. The van der Waals surface area contributed by atoms with Crippen molar-refractivity contribution < 1.29 is 0 Å². The Morgan fingerprint density at radius 3 is 2.69 bits per heavy atom. The molecule has 0 atom stereocenters. The average molecular weight is 174 g/mol. The minimum atomic E-state index is 0.860. The van der Waals surface area contributed by atoms with Gasteiger partial charge in [0.2, 0.25) is 0 Å². The lowest BCUT2D eigenvalue weighted by atomic mass is 10.3. The fourth-order valence-electron chi connectivity index (χ4n) is 1.13. The Morgan fingerprint density at radius 1 is 1.31 bits per heavy atom. The predicted molar refractivity (Wildman–Crippen MR) is 49.0 cm³/mol. The van der Waals surface area contributed by atoms with E-state index in [1.54, 1.807) is 6.20 Å². The number of nitrogens with zero attached hydrogens (tertiary/aromatic N) is 4. The highest BCUT2D eigenvalue weighted by atomic mass is 15.3. The molecule has 0 aliphatic heterocycles. The van der Waals surface area contributed by atoms with Crippen molar-refractivity contribution in [3.8, 4) is 11.4 Å². The summed E-state index contributed by atoms with van der Waals surface area (Å²) in [5, 5.41) is 4.31. The van der Waals surface area contributed by atoms with E-state index in [-0.39, 0.29) is 0 Å². The van der Waals surface area contributed by atoms with Crippen LogP contribution in [0.3, 0.4) is 0 Å². The van der Waals surface area contributed by atoms with Gasteiger partial charge in [0.1, 0.15) is 12.0 Å². The van der Waals surface area contributed by atoms with Crippen molar-refractivity contribution in [1.29, 1.82) is 0 Å². The van der Waals surface area contributed by atoms with Gasteiger partial charge in [0.15, 0.2) is 0 Å². The second kappa shape index (κ2) is 2.97. The van der Waals surface area contributed by atoms with E-state index in [2.05, 4.69) is 15.1 Å². The van der Waals surface area contributed by atoms with Crippen LogP contribution in [0.5, 0.6) is 0 Å². The molecule has 2 rings (SSSR count). The molecule has 0 fully saturated rings. The summed E-state index contributed by atoms with van der Waals surface area (Å²) in [4.78, 5) is 7.97. The zero-order chi connectivity index (χ0) is 9.26. The first-order valence-corrected chi connectivity index (χ1v) is 4.04. The standard InChI is InChI=1S/C9H10N4/c1-7-5-9(12-13(7)2)8-3-4-10-6-11-8/h3-6H,1-2H3. The molecule has 2 aromatic heterocycles. The van der Waals surface area contributed by atoms with Crippen LogP contribution in [0.2, 0.25) is 0 Å². The molecular weight excluding hydrogens is 164 g/mol. The van der Waals surface area contributed by atoms with Crippen molar-refractivity contribution in [2.45, 2.75) is 6.92 Å². The van der Waals surface area contributed by atoms with Gasteiger partial charge in [-0.1, -0.05) is 0 Å². The summed E-state index contributed by atoms with van der Waals surface area (Å²) in [6, 6.07) is 3.85. The zero-order valence-electron chi connectivity index (χ0n) is 7.60. The van der Waals surface area contributed by atoms with Gasteiger partial charge in [0, 0.05) is 18.9 Å². The van der Waals surface area contributed by atoms with Crippen molar-refractivity contribution >= 4 is 0 Å². The lowest BCUT2D eigenvalue weighted by molar-refractivity contribution is 0.742. The molecule has 2 aromatic rings. The predicted octanol–water partition coefficient (Wildman–Crippen LogP) is 1.19. The van der Waals surface area contributed by atoms with Crippen LogP contribution in [0, 0.1) is 6.92 Å². The smallest absolute Gasteiger partial charge is 0.116 e. The second-order valence-electron chi connectivity index (χ2n) is 2.89. The van der Waals surface area contributed by atoms with Crippen LogP contribution in [0.1, 0.15) is 5.69 Å². The topological polar surface area (TPSA) is 43.6 Å². The Morgan fingerprint density at radius 2 is 2.15 bits per heavy atom. The quantitative estimate of drug-likeness (QED) is 0.652. The molecule has 0 amide bonds. The Bertz CT molecular complexity index is 385. The largest absolute Gasteiger partial charge is 0.272 e. The lowest BCUT2D eigenvalue weighted by Gasteiger charge is -1.92. The summed E-state index contributed by atoms with van der Waals surface area (Å²) in [7, 11) is 1.92. The van der Waals surface area contributed by atoms with Gasteiger partial charge in [0.25, 0.3) is 0 Å². The van der Waals surface area contributed by atoms with Crippen molar-refractivity contribution in [2.24, 2.45) is 7.05 Å². The van der Waals surface area contributed by atoms with E-state index in [0.717, 1.165) is 17.1 Å².